The van der Waals surface area contributed by atoms with Gasteiger partial charge in [0.05, 0.1) is 0 Å². The van der Waals surface area contributed by atoms with Crippen LogP contribution >= 0.6 is 0 Å². The lowest BCUT2D eigenvalue weighted by molar-refractivity contribution is 0.447. The summed E-state index contributed by atoms with van der Waals surface area (Å²) in [5.41, 5.74) is 2.90. The Kier molecular flexibility index (Phi) is 2.45. The molecule has 1 aromatic rings. The molecule has 0 radical (unpaired) electrons. The van der Waals surface area contributed by atoms with Crippen molar-refractivity contribution in [1.29, 1.82) is 0 Å². The van der Waals surface area contributed by atoms with Crippen LogP contribution in [0, 0.1) is 12.3 Å². The van der Waals surface area contributed by atoms with Gasteiger partial charge in [-0.2, -0.15) is 0 Å². The number of rotatable bonds is 3. The molecular weight excluding hydrogens is 184 g/mol. The van der Waals surface area contributed by atoms with Crippen molar-refractivity contribution >= 4 is 5.69 Å². The second-order valence-corrected chi connectivity index (χ2v) is 5.10. The quantitative estimate of drug-likeness (QED) is 0.752. The molecule has 15 heavy (non-hydrogen) atoms. The van der Waals surface area contributed by atoms with Gasteiger partial charge in [0, 0.05) is 30.7 Å². The minimum absolute atomic E-state index is 0.534. The van der Waals surface area contributed by atoms with E-state index in [9.17, 15) is 0 Å². The van der Waals surface area contributed by atoms with Gasteiger partial charge in [-0.15, -0.1) is 0 Å². The minimum atomic E-state index is 0.534. The zero-order valence-corrected chi connectivity index (χ0v) is 10.1. The third-order valence-electron chi connectivity index (χ3n) is 3.92. The first kappa shape index (κ1) is 10.5. The van der Waals surface area contributed by atoms with Crippen LogP contribution in [0.3, 0.4) is 0 Å². The molecule has 2 nitrogen and oxygen atoms in total. The molecule has 0 N–H and O–H groups in total. The summed E-state index contributed by atoms with van der Waals surface area (Å²) >= 11 is 0. The number of aryl methyl sites for hydroxylation is 1. The number of hydrogen-bond acceptors (Lipinski definition) is 2. The number of pyridine rings is 1. The standard InChI is InChI=1S/C13H20N2/c1-10-9-12(5-8-14-10)15(4)11(2)13(3)6-7-13/h5,8-9,11H,6-7H2,1-4H3. The van der Waals surface area contributed by atoms with Gasteiger partial charge in [-0.1, -0.05) is 6.92 Å². The van der Waals surface area contributed by atoms with Crippen molar-refractivity contribution in [2.24, 2.45) is 5.41 Å². The molecule has 0 aliphatic heterocycles. The van der Waals surface area contributed by atoms with Crippen molar-refractivity contribution in [2.45, 2.75) is 39.7 Å². The highest BCUT2D eigenvalue weighted by atomic mass is 15.1. The van der Waals surface area contributed by atoms with E-state index in [2.05, 4.69) is 42.9 Å². The lowest BCUT2D eigenvalue weighted by Crippen LogP contribution is -2.35. The summed E-state index contributed by atoms with van der Waals surface area (Å²) in [6, 6.07) is 4.86. The van der Waals surface area contributed by atoms with Crippen molar-refractivity contribution in [3.63, 3.8) is 0 Å². The Labute approximate surface area is 92.3 Å². The van der Waals surface area contributed by atoms with Gasteiger partial charge in [-0.3, -0.25) is 4.98 Å². The number of anilines is 1. The smallest absolute Gasteiger partial charge is 0.0399 e. The highest BCUT2D eigenvalue weighted by Gasteiger charge is 2.44. The topological polar surface area (TPSA) is 16.1 Å². The Balaban J connectivity index is 2.16. The molecule has 0 saturated heterocycles. The fraction of sp³-hybridized carbons (Fsp3) is 0.615. The van der Waals surface area contributed by atoms with Crippen LogP contribution in [0.4, 0.5) is 5.69 Å². The van der Waals surface area contributed by atoms with E-state index in [1.807, 2.05) is 13.1 Å². The summed E-state index contributed by atoms with van der Waals surface area (Å²) in [5, 5.41) is 0. The van der Waals surface area contributed by atoms with Crippen molar-refractivity contribution < 1.29 is 0 Å². The van der Waals surface area contributed by atoms with Gasteiger partial charge in [-0.25, -0.2) is 0 Å². The van der Waals surface area contributed by atoms with Crippen molar-refractivity contribution in [2.75, 3.05) is 11.9 Å². The number of nitrogens with zero attached hydrogens (tertiary/aromatic N) is 2. The van der Waals surface area contributed by atoms with Crippen LogP contribution in [-0.2, 0) is 0 Å². The first-order chi connectivity index (χ1) is 7.03. The Morgan fingerprint density at radius 2 is 2.13 bits per heavy atom. The molecule has 1 aromatic heterocycles. The highest BCUT2D eigenvalue weighted by Crippen LogP contribution is 2.50. The first-order valence-corrected chi connectivity index (χ1v) is 5.68. The zero-order valence-electron chi connectivity index (χ0n) is 10.1. The molecule has 2 heteroatoms. The predicted octanol–water partition coefficient (Wildman–Crippen LogP) is 3.01. The van der Waals surface area contributed by atoms with Gasteiger partial charge in [0.15, 0.2) is 0 Å². The molecule has 1 heterocycles. The predicted molar refractivity (Wildman–Crippen MR) is 64.2 cm³/mol. The molecule has 82 valence electrons. The second kappa shape index (κ2) is 3.51. The minimum Gasteiger partial charge on any atom is -0.371 e. The van der Waals surface area contributed by atoms with Crippen LogP contribution in [0.1, 0.15) is 32.4 Å². The highest BCUT2D eigenvalue weighted by molar-refractivity contribution is 5.47. The SMILES string of the molecule is Cc1cc(N(C)C(C)C2(C)CC2)ccn1. The van der Waals surface area contributed by atoms with Gasteiger partial charge in [0.25, 0.3) is 0 Å². The lowest BCUT2D eigenvalue weighted by Gasteiger charge is -2.32. The summed E-state index contributed by atoms with van der Waals surface area (Å²) in [6.45, 7) is 6.74. The number of hydrogen-bond donors (Lipinski definition) is 0. The van der Waals surface area contributed by atoms with Gasteiger partial charge < -0.3 is 4.90 Å². The zero-order chi connectivity index (χ0) is 11.1. The van der Waals surface area contributed by atoms with Gasteiger partial charge >= 0.3 is 0 Å². The average Bonchev–Trinajstić information content (AvgIpc) is 2.96. The van der Waals surface area contributed by atoms with Crippen LogP contribution in [0.15, 0.2) is 18.3 Å². The normalized spacial score (nSPS) is 19.7. The molecular formula is C13H20N2. The summed E-state index contributed by atoms with van der Waals surface area (Å²) in [5.74, 6) is 0. The second-order valence-electron chi connectivity index (χ2n) is 5.10. The molecule has 1 aliphatic rings. The maximum absolute atomic E-state index is 4.23. The summed E-state index contributed by atoms with van der Waals surface area (Å²) in [7, 11) is 2.18. The van der Waals surface area contributed by atoms with E-state index >= 15 is 0 Å². The average molecular weight is 204 g/mol. The maximum atomic E-state index is 4.23. The van der Waals surface area contributed by atoms with Gasteiger partial charge in [0.2, 0.25) is 0 Å². The van der Waals surface area contributed by atoms with E-state index in [4.69, 9.17) is 0 Å². The fourth-order valence-electron chi connectivity index (χ4n) is 2.06. The molecule has 1 saturated carbocycles. The fourth-order valence-corrected chi connectivity index (χ4v) is 2.06. The van der Waals surface area contributed by atoms with Crippen molar-refractivity contribution in [3.8, 4) is 0 Å². The molecule has 2 rings (SSSR count). The molecule has 1 atom stereocenters. The third-order valence-corrected chi connectivity index (χ3v) is 3.92. The summed E-state index contributed by atoms with van der Waals surface area (Å²) < 4.78 is 0. The molecule has 1 aliphatic carbocycles. The van der Waals surface area contributed by atoms with Crippen LogP contribution in [-0.4, -0.2) is 18.1 Å². The van der Waals surface area contributed by atoms with E-state index in [1.165, 1.54) is 18.5 Å². The monoisotopic (exact) mass is 204 g/mol. The molecule has 0 spiro atoms. The summed E-state index contributed by atoms with van der Waals surface area (Å²) in [4.78, 5) is 6.61. The van der Waals surface area contributed by atoms with E-state index in [0.717, 1.165) is 5.69 Å². The Morgan fingerprint density at radius 3 is 2.67 bits per heavy atom. The largest absolute Gasteiger partial charge is 0.371 e. The van der Waals surface area contributed by atoms with E-state index < -0.39 is 0 Å². The van der Waals surface area contributed by atoms with Gasteiger partial charge in [-0.05, 0) is 44.2 Å². The maximum Gasteiger partial charge on any atom is 0.0399 e. The van der Waals surface area contributed by atoms with E-state index in [-0.39, 0.29) is 0 Å². The molecule has 0 aromatic carbocycles. The molecule has 0 bridgehead atoms. The Morgan fingerprint density at radius 1 is 1.47 bits per heavy atom. The molecule has 0 amide bonds. The van der Waals surface area contributed by atoms with Crippen molar-refractivity contribution in [3.05, 3.63) is 24.0 Å². The van der Waals surface area contributed by atoms with Crippen LogP contribution in [0.25, 0.3) is 0 Å². The van der Waals surface area contributed by atoms with E-state index in [1.54, 1.807) is 0 Å². The molecule has 1 unspecified atom stereocenters. The summed E-state index contributed by atoms with van der Waals surface area (Å²) in [6.07, 6.45) is 4.62. The van der Waals surface area contributed by atoms with Crippen LogP contribution in [0.5, 0.6) is 0 Å². The van der Waals surface area contributed by atoms with Crippen LogP contribution in [0.2, 0.25) is 0 Å². The third kappa shape index (κ3) is 1.99. The van der Waals surface area contributed by atoms with Crippen LogP contribution < -0.4 is 4.90 Å². The Bertz CT molecular complexity index is 355. The van der Waals surface area contributed by atoms with Crippen molar-refractivity contribution in [1.82, 2.24) is 4.98 Å². The number of aromatic nitrogens is 1. The Hall–Kier alpha value is -1.05. The first-order valence-electron chi connectivity index (χ1n) is 5.68. The lowest BCUT2D eigenvalue weighted by atomic mass is 9.99. The van der Waals surface area contributed by atoms with E-state index in [0.29, 0.717) is 11.5 Å². The molecule has 1 fully saturated rings. The van der Waals surface area contributed by atoms with Gasteiger partial charge in [0.1, 0.15) is 0 Å².